The molecule has 0 aromatic heterocycles. The van der Waals surface area contributed by atoms with Gasteiger partial charge in [0.25, 0.3) is 0 Å². The second kappa shape index (κ2) is 6.65. The molecule has 0 heterocycles. The highest BCUT2D eigenvalue weighted by Gasteiger charge is 2.43. The predicted molar refractivity (Wildman–Crippen MR) is 77.3 cm³/mol. The Labute approximate surface area is 130 Å². The predicted octanol–water partition coefficient (Wildman–Crippen LogP) is 4.83. The molecule has 1 aliphatic rings. The largest absolute Gasteiger partial charge is 0.391 e. The van der Waals surface area contributed by atoms with Crippen LogP contribution in [0.4, 0.5) is 17.6 Å². The lowest BCUT2D eigenvalue weighted by Gasteiger charge is -2.34. The van der Waals surface area contributed by atoms with E-state index < -0.39 is 18.1 Å². The second-order valence-corrected chi connectivity index (χ2v) is 6.68. The molecule has 0 saturated heterocycles. The average molecular weight is 368 g/mol. The van der Waals surface area contributed by atoms with E-state index in [1.165, 1.54) is 6.07 Å². The molecule has 3 atom stereocenters. The summed E-state index contributed by atoms with van der Waals surface area (Å²) in [5.41, 5.74) is 6.51. The van der Waals surface area contributed by atoms with Crippen molar-refractivity contribution in [1.82, 2.24) is 0 Å². The summed E-state index contributed by atoms with van der Waals surface area (Å²) in [5.74, 6) is -1.84. The van der Waals surface area contributed by atoms with Crippen LogP contribution in [0.25, 0.3) is 0 Å². The number of alkyl halides is 3. The number of rotatable bonds is 3. The molecule has 0 bridgehead atoms. The first-order valence-electron chi connectivity index (χ1n) is 7.03. The fourth-order valence-electron chi connectivity index (χ4n) is 3.02. The van der Waals surface area contributed by atoms with Gasteiger partial charge in [0.2, 0.25) is 0 Å². The minimum atomic E-state index is -4.15. The molecule has 0 spiro atoms. The van der Waals surface area contributed by atoms with Gasteiger partial charge < -0.3 is 5.73 Å². The standard InChI is InChI=1S/C15H18BrF4N/c16-12-5-4-9(13(17)8-12)7-14(21)10-2-1-3-11(6-10)15(18,19)20/h4-5,8,10-11,14H,1-3,6-7,21H2. The van der Waals surface area contributed by atoms with Crippen LogP contribution in [0.15, 0.2) is 22.7 Å². The van der Waals surface area contributed by atoms with Crippen LogP contribution >= 0.6 is 15.9 Å². The third-order valence-corrected chi connectivity index (χ3v) is 4.75. The molecule has 1 aromatic rings. The number of benzene rings is 1. The smallest absolute Gasteiger partial charge is 0.327 e. The van der Waals surface area contributed by atoms with Crippen molar-refractivity contribution in [1.29, 1.82) is 0 Å². The summed E-state index contributed by atoms with van der Waals surface area (Å²) in [5, 5.41) is 0. The fraction of sp³-hybridized carbons (Fsp3) is 0.600. The molecular weight excluding hydrogens is 350 g/mol. The number of hydrogen-bond acceptors (Lipinski definition) is 1. The SMILES string of the molecule is NC(Cc1ccc(Br)cc1F)C1CCCC(C(F)(F)F)C1. The molecule has 1 saturated carbocycles. The lowest BCUT2D eigenvalue weighted by atomic mass is 9.76. The number of hydrogen-bond donors (Lipinski definition) is 1. The maximum absolute atomic E-state index is 13.8. The molecule has 0 amide bonds. The van der Waals surface area contributed by atoms with Gasteiger partial charge >= 0.3 is 6.18 Å². The Morgan fingerprint density at radius 2 is 2.00 bits per heavy atom. The van der Waals surface area contributed by atoms with Crippen molar-refractivity contribution in [2.75, 3.05) is 0 Å². The molecule has 21 heavy (non-hydrogen) atoms. The molecule has 2 N–H and O–H groups in total. The Kier molecular flexibility index (Phi) is 5.30. The minimum absolute atomic E-state index is 0.0583. The van der Waals surface area contributed by atoms with E-state index in [0.717, 1.165) is 0 Å². The van der Waals surface area contributed by atoms with Crippen LogP contribution in [0.3, 0.4) is 0 Å². The minimum Gasteiger partial charge on any atom is -0.327 e. The summed E-state index contributed by atoms with van der Waals surface area (Å²) in [7, 11) is 0. The summed E-state index contributed by atoms with van der Waals surface area (Å²) >= 11 is 3.17. The topological polar surface area (TPSA) is 26.0 Å². The van der Waals surface area contributed by atoms with Gasteiger partial charge in [0.05, 0.1) is 5.92 Å². The Hall–Kier alpha value is -0.620. The van der Waals surface area contributed by atoms with Crippen molar-refractivity contribution in [2.45, 2.75) is 44.3 Å². The molecule has 1 aromatic carbocycles. The first-order valence-corrected chi connectivity index (χ1v) is 7.83. The molecule has 118 valence electrons. The van der Waals surface area contributed by atoms with Gasteiger partial charge in [-0.05, 0) is 49.3 Å². The van der Waals surface area contributed by atoms with Crippen molar-refractivity contribution in [2.24, 2.45) is 17.6 Å². The number of halogens is 5. The van der Waals surface area contributed by atoms with Crippen molar-refractivity contribution in [3.63, 3.8) is 0 Å². The summed E-state index contributed by atoms with van der Waals surface area (Å²) < 4.78 is 52.8. The highest BCUT2D eigenvalue weighted by Crippen LogP contribution is 2.41. The number of nitrogens with two attached hydrogens (primary N) is 1. The van der Waals surface area contributed by atoms with Gasteiger partial charge in [-0.25, -0.2) is 4.39 Å². The van der Waals surface area contributed by atoms with E-state index in [-0.39, 0.29) is 31.0 Å². The van der Waals surface area contributed by atoms with E-state index in [9.17, 15) is 17.6 Å². The van der Waals surface area contributed by atoms with Crippen LogP contribution in [-0.2, 0) is 6.42 Å². The molecular formula is C15H18BrF4N. The van der Waals surface area contributed by atoms with Gasteiger partial charge in [-0.15, -0.1) is 0 Å². The van der Waals surface area contributed by atoms with Gasteiger partial charge in [0.1, 0.15) is 5.82 Å². The molecule has 6 heteroatoms. The zero-order valence-electron chi connectivity index (χ0n) is 11.5. The summed E-state index contributed by atoms with van der Waals surface area (Å²) in [6, 6.07) is 4.25. The molecule has 0 aliphatic heterocycles. The van der Waals surface area contributed by atoms with Crippen LogP contribution < -0.4 is 5.73 Å². The van der Waals surface area contributed by atoms with Crippen molar-refractivity contribution >= 4 is 15.9 Å². The van der Waals surface area contributed by atoms with Gasteiger partial charge in [-0.3, -0.25) is 0 Å². The van der Waals surface area contributed by atoms with E-state index >= 15 is 0 Å². The monoisotopic (exact) mass is 367 g/mol. The quantitative estimate of drug-likeness (QED) is 0.761. The normalized spacial score (nSPS) is 24.9. The molecule has 1 aliphatic carbocycles. The first kappa shape index (κ1) is 16.7. The van der Waals surface area contributed by atoms with Crippen molar-refractivity contribution < 1.29 is 17.6 Å². The van der Waals surface area contributed by atoms with E-state index in [4.69, 9.17) is 5.73 Å². The van der Waals surface area contributed by atoms with Crippen LogP contribution in [0.2, 0.25) is 0 Å². The molecule has 0 radical (unpaired) electrons. The van der Waals surface area contributed by atoms with Crippen LogP contribution in [0.5, 0.6) is 0 Å². The summed E-state index contributed by atoms with van der Waals surface area (Å²) in [6.07, 6.45) is -2.42. The lowest BCUT2D eigenvalue weighted by Crippen LogP contribution is -2.39. The fourth-order valence-corrected chi connectivity index (χ4v) is 3.35. The zero-order valence-corrected chi connectivity index (χ0v) is 13.1. The maximum Gasteiger partial charge on any atom is 0.391 e. The molecule has 2 rings (SSSR count). The average Bonchev–Trinajstić information content (AvgIpc) is 2.41. The van der Waals surface area contributed by atoms with E-state index in [1.54, 1.807) is 12.1 Å². The van der Waals surface area contributed by atoms with Crippen molar-refractivity contribution in [3.8, 4) is 0 Å². The van der Waals surface area contributed by atoms with E-state index in [0.29, 0.717) is 22.9 Å². The van der Waals surface area contributed by atoms with Gasteiger partial charge in [0, 0.05) is 10.5 Å². The van der Waals surface area contributed by atoms with Crippen LogP contribution in [-0.4, -0.2) is 12.2 Å². The Morgan fingerprint density at radius 3 is 2.62 bits per heavy atom. The van der Waals surface area contributed by atoms with Crippen LogP contribution in [0, 0.1) is 17.7 Å². The third kappa shape index (κ3) is 4.42. The lowest BCUT2D eigenvalue weighted by molar-refractivity contribution is -0.186. The molecule has 3 unspecified atom stereocenters. The summed E-state index contributed by atoms with van der Waals surface area (Å²) in [4.78, 5) is 0. The Balaban J connectivity index is 2.01. The van der Waals surface area contributed by atoms with E-state index in [1.807, 2.05) is 0 Å². The Bertz CT molecular complexity index is 489. The first-order chi connectivity index (χ1) is 9.77. The molecule has 1 nitrogen and oxygen atoms in total. The van der Waals surface area contributed by atoms with Crippen molar-refractivity contribution in [3.05, 3.63) is 34.1 Å². The van der Waals surface area contributed by atoms with Gasteiger partial charge in [-0.2, -0.15) is 13.2 Å². The molecule has 1 fully saturated rings. The zero-order chi connectivity index (χ0) is 15.6. The highest BCUT2D eigenvalue weighted by molar-refractivity contribution is 9.10. The summed E-state index contributed by atoms with van der Waals surface area (Å²) in [6.45, 7) is 0. The second-order valence-electron chi connectivity index (χ2n) is 5.77. The Morgan fingerprint density at radius 1 is 1.29 bits per heavy atom. The van der Waals surface area contributed by atoms with Crippen LogP contribution in [0.1, 0.15) is 31.2 Å². The van der Waals surface area contributed by atoms with E-state index in [2.05, 4.69) is 15.9 Å². The maximum atomic E-state index is 13.8. The van der Waals surface area contributed by atoms with Gasteiger partial charge in [0.15, 0.2) is 0 Å². The highest BCUT2D eigenvalue weighted by atomic mass is 79.9. The third-order valence-electron chi connectivity index (χ3n) is 4.25. The van der Waals surface area contributed by atoms with Gasteiger partial charge in [-0.1, -0.05) is 28.4 Å².